The quantitative estimate of drug-likeness (QED) is 0.166. The van der Waals surface area contributed by atoms with Crippen LogP contribution >= 0.6 is 11.3 Å². The molecule has 0 N–H and O–H groups in total. The van der Waals surface area contributed by atoms with Gasteiger partial charge >= 0.3 is 0 Å². The predicted molar refractivity (Wildman–Crippen MR) is 196 cm³/mol. The summed E-state index contributed by atoms with van der Waals surface area (Å²) >= 11 is 1.20. The van der Waals surface area contributed by atoms with E-state index in [1.807, 2.05) is 73.9 Å². The van der Waals surface area contributed by atoms with Crippen molar-refractivity contribution < 1.29 is 28.6 Å². The molecule has 0 aliphatic carbocycles. The van der Waals surface area contributed by atoms with Crippen LogP contribution in [0.4, 0.5) is 0 Å². The minimum atomic E-state index is -2.23. The maximum absolute atomic E-state index is 7.70. The van der Waals surface area contributed by atoms with Gasteiger partial charge in [-0.05, 0) is 84.4 Å². The molecule has 0 aliphatic heterocycles. The molecule has 48 heavy (non-hydrogen) atoms. The smallest absolute Gasteiger partial charge is 0.123 e. The van der Waals surface area contributed by atoms with Crippen molar-refractivity contribution in [2.24, 2.45) is 0 Å². The fraction of sp³-hybridized carbons (Fsp3) is 0.167. The molecule has 8 rings (SSSR count). The van der Waals surface area contributed by atoms with Crippen molar-refractivity contribution >= 4 is 43.5 Å². The van der Waals surface area contributed by atoms with Crippen molar-refractivity contribution in [3.63, 3.8) is 0 Å². The zero-order valence-electron chi connectivity index (χ0n) is 30.3. The number of pyridine rings is 2. The Morgan fingerprint density at radius 2 is 1.62 bits per heavy atom. The first kappa shape index (κ1) is 29.6. The van der Waals surface area contributed by atoms with Crippen molar-refractivity contribution in [1.82, 2.24) is 15.0 Å². The molecular weight excluding hydrogens is 787 g/mol. The molecule has 0 spiro atoms. The van der Waals surface area contributed by atoms with Gasteiger partial charge in [0.2, 0.25) is 0 Å². The minimum absolute atomic E-state index is 0. The van der Waals surface area contributed by atoms with Gasteiger partial charge in [0.25, 0.3) is 0 Å². The normalized spacial score (nSPS) is 12.3. The summed E-state index contributed by atoms with van der Waals surface area (Å²) in [4.78, 5) is 13.5. The second-order valence-corrected chi connectivity index (χ2v) is 13.1. The number of aromatic nitrogens is 3. The monoisotopic (exact) mass is 825 g/mol. The molecule has 0 saturated carbocycles. The molecule has 0 amide bonds. The molecule has 4 heterocycles. The Labute approximate surface area is 303 Å². The molecular formula is C42H35IrN3OS-2. The number of furan rings is 1. The standard InChI is InChI=1S/C30H25N2OS.C12H10N.Ir/c1-16(2)24-15-31-25(12-23(24)29-17(3)8-6-9-18(29)4)21-11-7-10-20-22-13-28-26(32-19(5)34-28)14-27(22)33-30(20)21;1-10-7-8-12(13-9-10)11-5-3-2-4-6-11;/h6-10,12-16H,1-5H3;2-5,7-9H,1H3;/q2*-1;/i5D3;;. The van der Waals surface area contributed by atoms with Crippen molar-refractivity contribution in [2.75, 3.05) is 0 Å². The number of rotatable bonds is 4. The maximum Gasteiger partial charge on any atom is 0.123 e. The van der Waals surface area contributed by atoms with Crippen LogP contribution in [0.1, 0.15) is 51.1 Å². The molecule has 0 aliphatic rings. The largest absolute Gasteiger partial charge is 0.501 e. The summed E-state index contributed by atoms with van der Waals surface area (Å²) in [5, 5.41) is 2.01. The molecule has 0 bridgehead atoms. The molecule has 4 aromatic carbocycles. The van der Waals surface area contributed by atoms with Crippen LogP contribution in [0.2, 0.25) is 0 Å². The predicted octanol–water partition coefficient (Wildman–Crippen LogP) is 11.6. The van der Waals surface area contributed by atoms with E-state index in [9.17, 15) is 0 Å². The summed E-state index contributed by atoms with van der Waals surface area (Å²) in [6, 6.07) is 34.7. The summed E-state index contributed by atoms with van der Waals surface area (Å²) < 4.78 is 30.3. The van der Waals surface area contributed by atoms with Gasteiger partial charge < -0.3 is 14.4 Å². The summed E-state index contributed by atoms with van der Waals surface area (Å²) in [6.45, 7) is 8.49. The van der Waals surface area contributed by atoms with Crippen LogP contribution in [-0.4, -0.2) is 15.0 Å². The van der Waals surface area contributed by atoms with Crippen molar-refractivity contribution in [3.8, 4) is 33.6 Å². The molecule has 0 atom stereocenters. The van der Waals surface area contributed by atoms with E-state index in [4.69, 9.17) is 13.5 Å². The van der Waals surface area contributed by atoms with E-state index >= 15 is 0 Å². The fourth-order valence-electron chi connectivity index (χ4n) is 6.05. The molecule has 6 heteroatoms. The maximum atomic E-state index is 7.70. The van der Waals surface area contributed by atoms with Gasteiger partial charge in [0, 0.05) is 48.1 Å². The van der Waals surface area contributed by atoms with E-state index in [1.54, 1.807) is 0 Å². The summed E-state index contributed by atoms with van der Waals surface area (Å²) in [5.74, 6) is 0.321. The third kappa shape index (κ3) is 6.49. The van der Waals surface area contributed by atoms with Gasteiger partial charge in [0.15, 0.2) is 0 Å². The second-order valence-electron chi connectivity index (χ2n) is 12.1. The number of thiazole rings is 1. The molecule has 0 unspecified atom stereocenters. The summed E-state index contributed by atoms with van der Waals surface area (Å²) in [5.41, 5.74) is 12.9. The minimum Gasteiger partial charge on any atom is -0.501 e. The van der Waals surface area contributed by atoms with E-state index in [0.717, 1.165) is 38.0 Å². The van der Waals surface area contributed by atoms with Crippen LogP contribution in [-0.2, 0) is 20.1 Å². The third-order valence-electron chi connectivity index (χ3n) is 8.40. The molecule has 0 fully saturated rings. The van der Waals surface area contributed by atoms with E-state index in [2.05, 4.69) is 80.1 Å². The van der Waals surface area contributed by atoms with Crippen LogP contribution in [0.3, 0.4) is 0 Å². The molecule has 4 aromatic heterocycles. The van der Waals surface area contributed by atoms with Gasteiger partial charge in [0.05, 0.1) is 20.8 Å². The molecule has 1 radical (unpaired) electrons. The Balaban J connectivity index is 0.000000269. The second kappa shape index (κ2) is 13.9. The van der Waals surface area contributed by atoms with Crippen molar-refractivity contribution in [1.29, 1.82) is 0 Å². The number of aryl methyl sites for hydroxylation is 4. The Morgan fingerprint density at radius 3 is 2.33 bits per heavy atom. The molecule has 4 nitrogen and oxygen atoms in total. The summed E-state index contributed by atoms with van der Waals surface area (Å²) in [7, 11) is 0. The van der Waals surface area contributed by atoms with Gasteiger partial charge in [-0.3, -0.25) is 0 Å². The number of benzene rings is 4. The van der Waals surface area contributed by atoms with Crippen molar-refractivity contribution in [3.05, 3.63) is 137 Å². The van der Waals surface area contributed by atoms with Gasteiger partial charge in [0.1, 0.15) is 5.58 Å². The first-order valence-electron chi connectivity index (χ1n) is 17.1. The zero-order chi connectivity index (χ0) is 35.2. The van der Waals surface area contributed by atoms with E-state index in [0.29, 0.717) is 22.6 Å². The van der Waals surface area contributed by atoms with Gasteiger partial charge in [-0.25, -0.2) is 4.98 Å². The summed E-state index contributed by atoms with van der Waals surface area (Å²) in [6.07, 6.45) is 3.85. The van der Waals surface area contributed by atoms with Gasteiger partial charge in [-0.1, -0.05) is 61.2 Å². The molecule has 0 saturated heterocycles. The Morgan fingerprint density at radius 1 is 0.812 bits per heavy atom. The van der Waals surface area contributed by atoms with Crippen LogP contribution < -0.4 is 0 Å². The first-order chi connectivity index (χ1) is 24.0. The molecule has 8 aromatic rings. The van der Waals surface area contributed by atoms with Gasteiger partial charge in [-0.15, -0.1) is 65.4 Å². The number of hydrogen-bond donors (Lipinski definition) is 0. The number of fused-ring (bicyclic) bond motifs is 4. The third-order valence-corrected chi connectivity index (χ3v) is 9.23. The van der Waals surface area contributed by atoms with E-state index in [-0.39, 0.29) is 25.1 Å². The van der Waals surface area contributed by atoms with Crippen molar-refractivity contribution in [2.45, 2.75) is 47.4 Å². The average Bonchev–Trinajstić information content (AvgIpc) is 3.69. The van der Waals surface area contributed by atoms with E-state index < -0.39 is 6.85 Å². The van der Waals surface area contributed by atoms with Crippen LogP contribution in [0.25, 0.3) is 65.8 Å². The average molecular weight is 825 g/mol. The topological polar surface area (TPSA) is 51.8 Å². The number of nitrogens with zero attached hydrogens (tertiary/aromatic N) is 3. The number of hydrogen-bond acceptors (Lipinski definition) is 5. The van der Waals surface area contributed by atoms with Gasteiger partial charge in [-0.2, -0.15) is 0 Å². The molecule has 241 valence electrons. The Hall–Kier alpha value is -4.48. The fourth-order valence-corrected chi connectivity index (χ4v) is 6.79. The van der Waals surface area contributed by atoms with E-state index in [1.165, 1.54) is 44.7 Å². The first-order valence-corrected chi connectivity index (χ1v) is 16.4. The Kier molecular flexibility index (Phi) is 8.61. The SMILES string of the molecule is Cc1ccc(-c2[c-]cccc2)nc1.[2H]C([2H])([2H])c1nc2cc3oc4c(-c5cc(-c6c(C)cccc6C)c(C(C)C)cn5)[c-]ccc4c3cc2s1.[Ir]. The van der Waals surface area contributed by atoms with Crippen LogP contribution in [0.15, 0.2) is 102 Å². The Bertz CT molecular complexity index is 2470. The van der Waals surface area contributed by atoms with Crippen LogP contribution in [0, 0.1) is 39.8 Å². The zero-order valence-corrected chi connectivity index (χ0v) is 30.5. The van der Waals surface area contributed by atoms with Crippen LogP contribution in [0.5, 0.6) is 0 Å².